The van der Waals surface area contributed by atoms with E-state index in [-0.39, 0.29) is 10.7 Å². The molecule has 0 amide bonds. The highest BCUT2D eigenvalue weighted by molar-refractivity contribution is 7.99. The summed E-state index contributed by atoms with van der Waals surface area (Å²) in [6.07, 6.45) is -4.04. The van der Waals surface area contributed by atoms with Gasteiger partial charge in [-0.15, -0.1) is 0 Å². The zero-order valence-electron chi connectivity index (χ0n) is 8.59. The Labute approximate surface area is 105 Å². The summed E-state index contributed by atoms with van der Waals surface area (Å²) in [7, 11) is 0. The number of alkyl halides is 3. The van der Waals surface area contributed by atoms with Crippen molar-refractivity contribution in [2.24, 2.45) is 0 Å². The predicted molar refractivity (Wildman–Crippen MR) is 60.1 cm³/mol. The van der Waals surface area contributed by atoms with Gasteiger partial charge in [0.25, 0.3) is 0 Å². The van der Waals surface area contributed by atoms with Gasteiger partial charge in [0.15, 0.2) is 0 Å². The number of aliphatic hydroxyl groups is 1. The molecular formula is C10H9ClF3NOS. The van der Waals surface area contributed by atoms with E-state index < -0.39 is 17.5 Å². The van der Waals surface area contributed by atoms with Crippen molar-refractivity contribution < 1.29 is 18.3 Å². The first-order valence-corrected chi connectivity index (χ1v) is 6.40. The standard InChI is InChI=1S/C10H9ClF3NOS/c11-8-6(9(16)3-4-17-5-9)1-2-7(15-8)10(12,13)14/h1-2,16H,3-5H2. The van der Waals surface area contributed by atoms with E-state index in [0.29, 0.717) is 12.2 Å². The average Bonchev–Trinajstić information content (AvgIpc) is 2.64. The first-order chi connectivity index (χ1) is 7.83. The minimum Gasteiger partial charge on any atom is -0.384 e. The number of thioether (sulfide) groups is 1. The smallest absolute Gasteiger partial charge is 0.384 e. The van der Waals surface area contributed by atoms with Crippen molar-refractivity contribution in [2.45, 2.75) is 18.2 Å². The Kier molecular flexibility index (Phi) is 3.31. The molecule has 0 saturated carbocycles. The average molecular weight is 284 g/mol. The molecule has 1 aliphatic heterocycles. The topological polar surface area (TPSA) is 33.1 Å². The summed E-state index contributed by atoms with van der Waals surface area (Å²) in [6, 6.07) is 2.06. The first kappa shape index (κ1) is 13.0. The molecule has 1 fully saturated rings. The lowest BCUT2D eigenvalue weighted by Crippen LogP contribution is -2.26. The maximum atomic E-state index is 12.4. The van der Waals surface area contributed by atoms with Crippen molar-refractivity contribution in [3.05, 3.63) is 28.5 Å². The van der Waals surface area contributed by atoms with Crippen LogP contribution in [0.5, 0.6) is 0 Å². The molecule has 0 aromatic carbocycles. The quantitative estimate of drug-likeness (QED) is 0.804. The van der Waals surface area contributed by atoms with Crippen molar-refractivity contribution in [3.8, 4) is 0 Å². The summed E-state index contributed by atoms with van der Waals surface area (Å²) < 4.78 is 37.2. The number of hydrogen-bond acceptors (Lipinski definition) is 3. The molecule has 2 rings (SSSR count). The van der Waals surface area contributed by atoms with Crippen molar-refractivity contribution in [1.82, 2.24) is 4.98 Å². The first-order valence-electron chi connectivity index (χ1n) is 4.87. The number of aromatic nitrogens is 1. The molecule has 1 aromatic heterocycles. The summed E-state index contributed by atoms with van der Waals surface area (Å²) in [5.74, 6) is 1.19. The summed E-state index contributed by atoms with van der Waals surface area (Å²) in [5.41, 5.74) is -1.92. The van der Waals surface area contributed by atoms with Gasteiger partial charge < -0.3 is 5.11 Å². The molecule has 0 spiro atoms. The fourth-order valence-electron chi connectivity index (χ4n) is 1.71. The van der Waals surface area contributed by atoms with Crippen LogP contribution in [0.4, 0.5) is 13.2 Å². The number of nitrogens with zero attached hydrogens (tertiary/aromatic N) is 1. The largest absolute Gasteiger partial charge is 0.433 e. The van der Waals surface area contributed by atoms with Gasteiger partial charge in [-0.3, -0.25) is 0 Å². The second-order valence-electron chi connectivity index (χ2n) is 3.87. The number of rotatable bonds is 1. The third-order valence-corrected chi connectivity index (χ3v) is 4.10. The lowest BCUT2D eigenvalue weighted by molar-refractivity contribution is -0.141. The molecule has 17 heavy (non-hydrogen) atoms. The molecule has 0 aliphatic carbocycles. The van der Waals surface area contributed by atoms with E-state index in [0.717, 1.165) is 11.8 Å². The maximum Gasteiger partial charge on any atom is 0.433 e. The molecule has 1 unspecified atom stereocenters. The number of halogens is 4. The van der Waals surface area contributed by atoms with Crippen LogP contribution in [0, 0.1) is 0 Å². The van der Waals surface area contributed by atoms with Crippen LogP contribution in [0.25, 0.3) is 0 Å². The summed E-state index contributed by atoms with van der Waals surface area (Å²) in [6.45, 7) is 0. The third kappa shape index (κ3) is 2.53. The Morgan fingerprint density at radius 2 is 2.12 bits per heavy atom. The van der Waals surface area contributed by atoms with Crippen LogP contribution in [0.2, 0.25) is 5.15 Å². The number of hydrogen-bond donors (Lipinski definition) is 1. The molecule has 1 saturated heterocycles. The summed E-state index contributed by atoms with van der Waals surface area (Å²) in [4.78, 5) is 3.31. The van der Waals surface area contributed by atoms with Crippen molar-refractivity contribution >= 4 is 23.4 Å². The van der Waals surface area contributed by atoms with E-state index >= 15 is 0 Å². The summed E-state index contributed by atoms with van der Waals surface area (Å²) >= 11 is 7.26. The SMILES string of the molecule is OC1(c2ccc(C(F)(F)F)nc2Cl)CCSC1. The Balaban J connectivity index is 2.38. The van der Waals surface area contributed by atoms with E-state index in [9.17, 15) is 18.3 Å². The fraction of sp³-hybridized carbons (Fsp3) is 0.500. The Bertz CT molecular complexity index is 432. The highest BCUT2D eigenvalue weighted by Crippen LogP contribution is 2.40. The van der Waals surface area contributed by atoms with Gasteiger partial charge in [-0.1, -0.05) is 17.7 Å². The molecule has 1 aliphatic rings. The second kappa shape index (κ2) is 4.33. The molecular weight excluding hydrogens is 275 g/mol. The minimum atomic E-state index is -4.52. The van der Waals surface area contributed by atoms with Gasteiger partial charge in [0.05, 0.1) is 0 Å². The van der Waals surface area contributed by atoms with Crippen molar-refractivity contribution in [2.75, 3.05) is 11.5 Å². The number of pyridine rings is 1. The molecule has 1 aromatic rings. The molecule has 0 radical (unpaired) electrons. The van der Waals surface area contributed by atoms with Crippen LogP contribution < -0.4 is 0 Å². The highest BCUT2D eigenvalue weighted by atomic mass is 35.5. The maximum absolute atomic E-state index is 12.4. The zero-order valence-corrected chi connectivity index (χ0v) is 10.2. The Morgan fingerprint density at radius 3 is 2.59 bits per heavy atom. The molecule has 1 N–H and O–H groups in total. The van der Waals surface area contributed by atoms with E-state index in [1.54, 1.807) is 0 Å². The van der Waals surface area contributed by atoms with E-state index in [1.165, 1.54) is 17.8 Å². The molecule has 2 heterocycles. The lowest BCUT2D eigenvalue weighted by Gasteiger charge is -2.23. The molecule has 1 atom stereocenters. The predicted octanol–water partition coefficient (Wildman–Crippen LogP) is 3.08. The Hall–Kier alpha value is -0.460. The van der Waals surface area contributed by atoms with Gasteiger partial charge in [-0.2, -0.15) is 24.9 Å². The minimum absolute atomic E-state index is 0.273. The third-order valence-electron chi connectivity index (χ3n) is 2.64. The fourth-order valence-corrected chi connectivity index (χ4v) is 3.30. The zero-order chi connectivity index (χ0) is 12.7. The van der Waals surface area contributed by atoms with Gasteiger partial charge in [-0.25, -0.2) is 4.98 Å². The van der Waals surface area contributed by atoms with Crippen LogP contribution in [0.15, 0.2) is 12.1 Å². The monoisotopic (exact) mass is 283 g/mol. The van der Waals surface area contributed by atoms with Crippen LogP contribution in [0.1, 0.15) is 17.7 Å². The van der Waals surface area contributed by atoms with Gasteiger partial charge in [0.2, 0.25) is 0 Å². The van der Waals surface area contributed by atoms with Gasteiger partial charge in [0, 0.05) is 11.3 Å². The molecule has 94 valence electrons. The van der Waals surface area contributed by atoms with E-state index in [4.69, 9.17) is 11.6 Å². The van der Waals surface area contributed by atoms with Crippen molar-refractivity contribution in [1.29, 1.82) is 0 Å². The lowest BCUT2D eigenvalue weighted by atomic mass is 9.95. The van der Waals surface area contributed by atoms with Crippen LogP contribution in [-0.2, 0) is 11.8 Å². The highest BCUT2D eigenvalue weighted by Gasteiger charge is 2.38. The van der Waals surface area contributed by atoms with Crippen LogP contribution in [0.3, 0.4) is 0 Å². The van der Waals surface area contributed by atoms with E-state index in [1.807, 2.05) is 0 Å². The van der Waals surface area contributed by atoms with Crippen LogP contribution >= 0.6 is 23.4 Å². The van der Waals surface area contributed by atoms with Crippen molar-refractivity contribution in [3.63, 3.8) is 0 Å². The van der Waals surface area contributed by atoms with Gasteiger partial charge >= 0.3 is 6.18 Å². The molecule has 2 nitrogen and oxygen atoms in total. The second-order valence-corrected chi connectivity index (χ2v) is 5.33. The van der Waals surface area contributed by atoms with E-state index in [2.05, 4.69) is 4.98 Å². The summed E-state index contributed by atoms with van der Waals surface area (Å²) in [5, 5.41) is 9.94. The normalized spacial score (nSPS) is 25.2. The molecule has 7 heteroatoms. The Morgan fingerprint density at radius 1 is 1.41 bits per heavy atom. The van der Waals surface area contributed by atoms with Gasteiger partial charge in [-0.05, 0) is 18.2 Å². The van der Waals surface area contributed by atoms with Crippen LogP contribution in [-0.4, -0.2) is 21.6 Å². The molecule has 0 bridgehead atoms. The van der Waals surface area contributed by atoms with Gasteiger partial charge in [0.1, 0.15) is 16.4 Å².